The number of carbonyl (C=O) groups excluding carboxylic acids is 1. The van der Waals surface area contributed by atoms with Gasteiger partial charge in [-0.25, -0.2) is 0 Å². The first-order valence-electron chi connectivity index (χ1n) is 8.51. The van der Waals surface area contributed by atoms with Crippen LogP contribution in [0.15, 0.2) is 0 Å². The van der Waals surface area contributed by atoms with Crippen molar-refractivity contribution in [1.29, 1.82) is 5.26 Å². The average Bonchev–Trinajstić information content (AvgIpc) is 3.12. The fraction of sp³-hybridized carbons (Fsp3) is 0.647. The van der Waals surface area contributed by atoms with Crippen molar-refractivity contribution >= 4 is 34.0 Å². The second kappa shape index (κ2) is 8.69. The van der Waals surface area contributed by atoms with E-state index in [0.29, 0.717) is 16.3 Å². The van der Waals surface area contributed by atoms with Crippen LogP contribution < -0.4 is 5.32 Å². The zero-order chi connectivity index (χ0) is 18.7. The van der Waals surface area contributed by atoms with E-state index in [1.54, 1.807) is 0 Å². The van der Waals surface area contributed by atoms with Gasteiger partial charge in [-0.05, 0) is 31.2 Å². The smallest absolute Gasteiger partial charge is 0.235 e. The summed E-state index contributed by atoms with van der Waals surface area (Å²) >= 11 is 2.80. The minimum atomic E-state index is -1.09. The van der Waals surface area contributed by atoms with Crippen LogP contribution in [0.4, 0.5) is 5.00 Å². The first-order valence-corrected chi connectivity index (χ1v) is 10.5. The predicted octanol–water partition coefficient (Wildman–Crippen LogP) is 1.26. The third-order valence-electron chi connectivity index (χ3n) is 4.60. The van der Waals surface area contributed by atoms with Gasteiger partial charge in [0.05, 0.1) is 17.4 Å². The van der Waals surface area contributed by atoms with Crippen molar-refractivity contribution in [2.75, 3.05) is 23.9 Å². The summed E-state index contributed by atoms with van der Waals surface area (Å²) in [6.07, 6.45) is 0.522. The van der Waals surface area contributed by atoms with Crippen LogP contribution in [0.25, 0.3) is 0 Å². The molecule has 1 aromatic heterocycles. The number of methoxy groups -OCH3 is 1. The molecule has 1 aliphatic carbocycles. The Kier molecular flexibility index (Phi) is 6.55. The molecule has 142 valence electrons. The second-order valence-corrected chi connectivity index (χ2v) is 8.49. The lowest BCUT2D eigenvalue weighted by molar-refractivity contribution is -0.145. The molecule has 3 rings (SSSR count). The second-order valence-electron chi connectivity index (χ2n) is 6.35. The molecular weight excluding hydrogens is 376 g/mol. The number of nitrogens with one attached hydrogen (secondary N) is 1. The van der Waals surface area contributed by atoms with E-state index in [-0.39, 0.29) is 11.7 Å². The third kappa shape index (κ3) is 4.06. The molecule has 26 heavy (non-hydrogen) atoms. The fourth-order valence-corrected chi connectivity index (χ4v) is 5.39. The number of nitriles is 1. The Bertz CT molecular complexity index is 702. The molecule has 0 aromatic carbocycles. The number of thioether (sulfide) groups is 1. The van der Waals surface area contributed by atoms with E-state index in [4.69, 9.17) is 9.47 Å². The van der Waals surface area contributed by atoms with E-state index < -0.39 is 24.6 Å². The number of hydrogen-bond acceptors (Lipinski definition) is 8. The summed E-state index contributed by atoms with van der Waals surface area (Å²) in [5, 5.41) is 32.6. The molecule has 2 aliphatic rings. The van der Waals surface area contributed by atoms with Crippen LogP contribution in [0.1, 0.15) is 28.8 Å². The molecular formula is C17H22N2O5S2. The van der Waals surface area contributed by atoms with Gasteiger partial charge < -0.3 is 25.0 Å². The number of ether oxygens (including phenoxy) is 2. The van der Waals surface area contributed by atoms with Gasteiger partial charge in [0, 0.05) is 17.7 Å². The largest absolute Gasteiger partial charge is 0.387 e. The highest BCUT2D eigenvalue weighted by Crippen LogP contribution is 2.37. The van der Waals surface area contributed by atoms with E-state index in [0.717, 1.165) is 31.2 Å². The van der Waals surface area contributed by atoms with Crippen LogP contribution in [0.2, 0.25) is 0 Å². The summed E-state index contributed by atoms with van der Waals surface area (Å²) in [4.78, 5) is 13.4. The highest BCUT2D eigenvalue weighted by Gasteiger charge is 2.42. The molecule has 0 unspecified atom stereocenters. The Labute approximate surface area is 160 Å². The maximum atomic E-state index is 12.2. The number of aliphatic hydroxyl groups is 2. The molecule has 1 aliphatic heterocycles. The van der Waals surface area contributed by atoms with Crippen molar-refractivity contribution in [2.24, 2.45) is 0 Å². The number of rotatable bonds is 6. The molecule has 1 fully saturated rings. The van der Waals surface area contributed by atoms with Crippen LogP contribution in [0.3, 0.4) is 0 Å². The number of thiophene rings is 1. The van der Waals surface area contributed by atoms with Crippen molar-refractivity contribution < 1.29 is 24.5 Å². The van der Waals surface area contributed by atoms with Crippen molar-refractivity contribution in [3.05, 3.63) is 16.0 Å². The summed E-state index contributed by atoms with van der Waals surface area (Å²) in [5.74, 6) is 0.340. The fourth-order valence-electron chi connectivity index (χ4n) is 3.25. The summed E-state index contributed by atoms with van der Waals surface area (Å²) in [6.45, 7) is 0. The van der Waals surface area contributed by atoms with Gasteiger partial charge in [0.25, 0.3) is 0 Å². The predicted molar refractivity (Wildman–Crippen MR) is 99.3 cm³/mol. The van der Waals surface area contributed by atoms with Gasteiger partial charge in [0.1, 0.15) is 23.3 Å². The SMILES string of the molecule is CO[C@H]1O[C@H](CSCC(=O)Nc2sc3c(c2C#N)CCCC3)[C@@H](O)[C@@H]1O. The summed E-state index contributed by atoms with van der Waals surface area (Å²) < 4.78 is 10.4. The third-order valence-corrected chi connectivity index (χ3v) is 6.84. The first kappa shape index (κ1) is 19.6. The van der Waals surface area contributed by atoms with Crippen molar-refractivity contribution in [3.63, 3.8) is 0 Å². The van der Waals surface area contributed by atoms with Gasteiger partial charge in [-0.2, -0.15) is 5.26 Å². The highest BCUT2D eigenvalue weighted by atomic mass is 32.2. The first-order chi connectivity index (χ1) is 12.5. The zero-order valence-electron chi connectivity index (χ0n) is 14.4. The number of fused-ring (bicyclic) bond motifs is 1. The van der Waals surface area contributed by atoms with Crippen LogP contribution in [0.5, 0.6) is 0 Å². The quantitative estimate of drug-likeness (QED) is 0.661. The molecule has 2 heterocycles. The maximum absolute atomic E-state index is 12.2. The number of hydrogen-bond donors (Lipinski definition) is 3. The van der Waals surface area contributed by atoms with Gasteiger partial charge in [0.15, 0.2) is 6.29 Å². The Balaban J connectivity index is 1.51. The minimum absolute atomic E-state index is 0.174. The number of nitrogens with zero attached hydrogens (tertiary/aromatic N) is 1. The molecule has 3 N–H and O–H groups in total. The van der Waals surface area contributed by atoms with Crippen LogP contribution in [0, 0.1) is 11.3 Å². The van der Waals surface area contributed by atoms with E-state index in [9.17, 15) is 20.3 Å². The van der Waals surface area contributed by atoms with Gasteiger partial charge in [-0.1, -0.05) is 0 Å². The molecule has 1 aromatic rings. The molecule has 9 heteroatoms. The van der Waals surface area contributed by atoms with Crippen molar-refractivity contribution in [2.45, 2.75) is 50.3 Å². The van der Waals surface area contributed by atoms with E-state index >= 15 is 0 Å². The van der Waals surface area contributed by atoms with Gasteiger partial charge >= 0.3 is 0 Å². The molecule has 1 saturated heterocycles. The highest BCUT2D eigenvalue weighted by molar-refractivity contribution is 8.00. The van der Waals surface area contributed by atoms with Crippen LogP contribution in [-0.2, 0) is 27.1 Å². The topological polar surface area (TPSA) is 112 Å². The van der Waals surface area contributed by atoms with E-state index in [1.165, 1.54) is 35.1 Å². The monoisotopic (exact) mass is 398 g/mol. The summed E-state index contributed by atoms with van der Waals surface area (Å²) in [6, 6.07) is 2.23. The van der Waals surface area contributed by atoms with Crippen molar-refractivity contribution in [3.8, 4) is 6.07 Å². The number of aryl methyl sites for hydroxylation is 1. The molecule has 0 saturated carbocycles. The summed E-state index contributed by atoms with van der Waals surface area (Å²) in [5.41, 5.74) is 1.69. The molecule has 0 radical (unpaired) electrons. The zero-order valence-corrected chi connectivity index (χ0v) is 16.1. The lowest BCUT2D eigenvalue weighted by atomic mass is 9.96. The van der Waals surface area contributed by atoms with Gasteiger partial charge in [-0.3, -0.25) is 4.79 Å². The molecule has 4 atom stereocenters. The summed E-state index contributed by atoms with van der Waals surface area (Å²) in [7, 11) is 1.40. The van der Waals surface area contributed by atoms with E-state index in [2.05, 4.69) is 11.4 Å². The molecule has 0 bridgehead atoms. The maximum Gasteiger partial charge on any atom is 0.235 e. The molecule has 1 amide bonds. The number of amides is 1. The molecule has 7 nitrogen and oxygen atoms in total. The average molecular weight is 399 g/mol. The van der Waals surface area contributed by atoms with Gasteiger partial charge in [-0.15, -0.1) is 23.1 Å². The Morgan fingerprint density at radius 3 is 2.88 bits per heavy atom. The van der Waals surface area contributed by atoms with Gasteiger partial charge in [0.2, 0.25) is 5.91 Å². The lowest BCUT2D eigenvalue weighted by Crippen LogP contribution is -2.34. The standard InChI is InChI=1S/C17H22N2O5S2/c1-23-17-15(22)14(21)11(24-17)7-25-8-13(20)19-16-10(6-18)9-4-2-3-5-12(9)26-16/h11,14-15,17,21-22H,2-5,7-8H2,1H3,(H,19,20)/t11-,14-,15+,17+/m1/s1. The Morgan fingerprint density at radius 2 is 2.19 bits per heavy atom. The normalized spacial score (nSPS) is 27.8. The lowest BCUT2D eigenvalue weighted by Gasteiger charge is -2.13. The minimum Gasteiger partial charge on any atom is -0.387 e. The van der Waals surface area contributed by atoms with E-state index in [1.807, 2.05) is 0 Å². The Morgan fingerprint density at radius 1 is 1.42 bits per heavy atom. The van der Waals surface area contributed by atoms with Crippen LogP contribution >= 0.6 is 23.1 Å². The van der Waals surface area contributed by atoms with Crippen LogP contribution in [-0.4, -0.2) is 59.3 Å². The molecule has 0 spiro atoms. The number of anilines is 1. The Hall–Kier alpha value is -1.15. The number of carbonyl (C=O) groups is 1. The number of aliphatic hydroxyl groups excluding tert-OH is 2. The van der Waals surface area contributed by atoms with Crippen molar-refractivity contribution in [1.82, 2.24) is 0 Å².